The Morgan fingerprint density at radius 3 is 2.24 bits per heavy atom. The summed E-state index contributed by atoms with van der Waals surface area (Å²) in [7, 11) is 3.43. The Kier molecular flexibility index (Phi) is 10.7. The first kappa shape index (κ1) is 38.0. The standard InChI is InChI=1S/C41H41F4N5O5/c1-47-13-15-49(16-14-47)24-26-21-27(50-17-19-55-20-18-50)23-32(42)35(26)38(51)46-33(40(53)54)22-25-7-5-10-29-28(25)9-6-11-30(29)36-37(41(43,44)45)31-8-3-4-12-34(31)48(2)39(36)52/h3-12,21,23,33H,13-20,22,24H2,1-2H3,(H,46,51)(H,53,54). The first-order chi connectivity index (χ1) is 26.3. The molecule has 0 bridgehead atoms. The second-order valence-electron chi connectivity index (χ2n) is 14.2. The van der Waals surface area contributed by atoms with Gasteiger partial charge in [-0.05, 0) is 52.7 Å². The number of likely N-dealkylation sites (N-methyl/N-ethyl adjacent to an activating group) is 1. The third-order valence-corrected chi connectivity index (χ3v) is 10.6. The third kappa shape index (κ3) is 7.66. The molecule has 0 spiro atoms. The molecule has 14 heteroatoms. The van der Waals surface area contributed by atoms with Crippen molar-refractivity contribution in [1.29, 1.82) is 0 Å². The number of para-hydroxylation sites is 1. The number of aromatic nitrogens is 1. The number of rotatable bonds is 9. The zero-order valence-corrected chi connectivity index (χ0v) is 30.5. The summed E-state index contributed by atoms with van der Waals surface area (Å²) in [4.78, 5) is 46.7. The van der Waals surface area contributed by atoms with Crippen LogP contribution in [0.25, 0.3) is 32.8 Å². The quantitative estimate of drug-likeness (QED) is 0.189. The number of benzene rings is 4. The van der Waals surface area contributed by atoms with Gasteiger partial charge in [0.25, 0.3) is 11.5 Å². The zero-order chi connectivity index (χ0) is 39.0. The molecule has 3 heterocycles. The molecule has 2 N–H and O–H groups in total. The average molecular weight is 760 g/mol. The summed E-state index contributed by atoms with van der Waals surface area (Å²) in [5, 5.41) is 13.5. The van der Waals surface area contributed by atoms with Gasteiger partial charge >= 0.3 is 12.1 Å². The molecule has 288 valence electrons. The van der Waals surface area contributed by atoms with Crippen molar-refractivity contribution in [3.8, 4) is 11.1 Å². The molecule has 2 fully saturated rings. The molecule has 0 saturated carbocycles. The molecule has 0 aliphatic carbocycles. The number of alkyl halides is 3. The lowest BCUT2D eigenvalue weighted by Gasteiger charge is -2.33. The second-order valence-corrected chi connectivity index (χ2v) is 14.2. The first-order valence-electron chi connectivity index (χ1n) is 18.1. The van der Waals surface area contributed by atoms with Crippen LogP contribution in [0.1, 0.15) is 27.0 Å². The molecule has 2 aliphatic heterocycles. The van der Waals surface area contributed by atoms with Gasteiger partial charge in [-0.1, -0.05) is 54.6 Å². The SMILES string of the molecule is CN1CCN(Cc2cc(N3CCOCC3)cc(F)c2C(=O)NC(Cc2cccc3c(-c4c(C(F)(F)F)c5ccccc5n(C)c4=O)cccc23)C(=O)O)CC1. The van der Waals surface area contributed by atoms with Gasteiger partial charge in [-0.3, -0.25) is 14.5 Å². The highest BCUT2D eigenvalue weighted by Crippen LogP contribution is 2.42. The van der Waals surface area contributed by atoms with Gasteiger partial charge in [-0.25, -0.2) is 9.18 Å². The van der Waals surface area contributed by atoms with Gasteiger partial charge in [0.05, 0.1) is 35.4 Å². The number of piperazine rings is 1. The van der Waals surface area contributed by atoms with Gasteiger partial charge in [-0.2, -0.15) is 13.2 Å². The fourth-order valence-electron chi connectivity index (χ4n) is 7.74. The highest BCUT2D eigenvalue weighted by molar-refractivity contribution is 6.02. The van der Waals surface area contributed by atoms with Crippen molar-refractivity contribution in [2.45, 2.75) is 25.2 Å². The van der Waals surface area contributed by atoms with Gasteiger partial charge in [0, 0.05) is 70.4 Å². The number of nitrogens with one attached hydrogen (secondary N) is 1. The summed E-state index contributed by atoms with van der Waals surface area (Å²) >= 11 is 0. The minimum Gasteiger partial charge on any atom is -0.480 e. The number of nitrogens with zero attached hydrogens (tertiary/aromatic N) is 4. The number of hydrogen-bond donors (Lipinski definition) is 2. The molecular formula is C41H41F4N5O5. The normalized spacial score (nSPS) is 16.4. The molecule has 1 unspecified atom stereocenters. The fourth-order valence-corrected chi connectivity index (χ4v) is 7.74. The van der Waals surface area contributed by atoms with Crippen LogP contribution in [-0.2, 0) is 35.7 Å². The average Bonchev–Trinajstić information content (AvgIpc) is 3.16. The number of aryl methyl sites for hydroxylation is 1. The maximum absolute atomic E-state index is 16.1. The number of hydrogen-bond acceptors (Lipinski definition) is 7. The van der Waals surface area contributed by atoms with Gasteiger partial charge in [0.1, 0.15) is 11.9 Å². The summed E-state index contributed by atoms with van der Waals surface area (Å²) in [6, 6.07) is 16.7. The van der Waals surface area contributed by atoms with E-state index in [1.54, 1.807) is 36.4 Å². The third-order valence-electron chi connectivity index (χ3n) is 10.6. The summed E-state index contributed by atoms with van der Waals surface area (Å²) < 4.78 is 67.2. The van der Waals surface area contributed by atoms with Crippen LogP contribution in [0.4, 0.5) is 23.2 Å². The van der Waals surface area contributed by atoms with Crippen LogP contribution in [-0.4, -0.2) is 96.9 Å². The van der Waals surface area contributed by atoms with Crippen molar-refractivity contribution in [2.75, 3.05) is 64.4 Å². The molecule has 55 heavy (non-hydrogen) atoms. The minimum atomic E-state index is -4.88. The Balaban J connectivity index is 1.25. The number of carbonyl (C=O) groups is 2. The van der Waals surface area contributed by atoms with Crippen molar-refractivity contribution in [1.82, 2.24) is 19.7 Å². The Labute approximate surface area is 314 Å². The summed E-state index contributed by atoms with van der Waals surface area (Å²) in [6.45, 7) is 5.37. The molecule has 5 aromatic rings. The number of anilines is 1. The van der Waals surface area contributed by atoms with E-state index in [1.807, 2.05) is 11.9 Å². The van der Waals surface area contributed by atoms with Gasteiger partial charge < -0.3 is 29.5 Å². The maximum Gasteiger partial charge on any atom is 0.417 e. The number of carboxylic acids is 1. The van der Waals surface area contributed by atoms with E-state index in [9.17, 15) is 32.7 Å². The van der Waals surface area contributed by atoms with Crippen LogP contribution >= 0.6 is 0 Å². The number of carboxylic acid groups (broad SMARTS) is 1. The van der Waals surface area contributed by atoms with Crippen LogP contribution in [0.15, 0.2) is 77.6 Å². The van der Waals surface area contributed by atoms with Crippen LogP contribution in [0.2, 0.25) is 0 Å². The van der Waals surface area contributed by atoms with E-state index in [0.717, 1.165) is 13.1 Å². The Bertz CT molecular complexity index is 2330. The number of fused-ring (bicyclic) bond motifs is 2. The summed E-state index contributed by atoms with van der Waals surface area (Å²) in [5.74, 6) is -3.05. The number of aliphatic carboxylic acids is 1. The summed E-state index contributed by atoms with van der Waals surface area (Å²) in [5.41, 5.74) is -1.06. The molecule has 7 rings (SSSR count). The maximum atomic E-state index is 16.1. The highest BCUT2D eigenvalue weighted by atomic mass is 19.4. The second kappa shape index (κ2) is 15.4. The Hall–Kier alpha value is -5.31. The van der Waals surface area contributed by atoms with E-state index >= 15 is 4.39 Å². The zero-order valence-electron chi connectivity index (χ0n) is 30.5. The van der Waals surface area contributed by atoms with Crippen molar-refractivity contribution >= 4 is 39.2 Å². The first-order valence-corrected chi connectivity index (χ1v) is 18.1. The van der Waals surface area contributed by atoms with E-state index in [2.05, 4.69) is 15.1 Å². The topological polar surface area (TPSA) is 107 Å². The number of morpholine rings is 1. The van der Waals surface area contributed by atoms with E-state index in [0.29, 0.717) is 67.0 Å². The lowest BCUT2D eigenvalue weighted by molar-refractivity contribution is -0.139. The molecule has 10 nitrogen and oxygen atoms in total. The molecule has 0 radical (unpaired) electrons. The van der Waals surface area contributed by atoms with Crippen LogP contribution in [0.5, 0.6) is 0 Å². The number of halogens is 4. The molecular weight excluding hydrogens is 718 g/mol. The van der Waals surface area contributed by atoms with Crippen LogP contribution < -0.4 is 15.8 Å². The Morgan fingerprint density at radius 2 is 1.53 bits per heavy atom. The highest BCUT2D eigenvalue weighted by Gasteiger charge is 2.38. The predicted molar refractivity (Wildman–Crippen MR) is 202 cm³/mol. The number of ether oxygens (including phenoxy) is 1. The Morgan fingerprint density at radius 1 is 0.855 bits per heavy atom. The van der Waals surface area contributed by atoms with Crippen molar-refractivity contribution < 1.29 is 37.0 Å². The largest absolute Gasteiger partial charge is 0.480 e. The van der Waals surface area contributed by atoms with E-state index in [-0.39, 0.29) is 35.0 Å². The van der Waals surface area contributed by atoms with Crippen LogP contribution in [0, 0.1) is 5.82 Å². The smallest absolute Gasteiger partial charge is 0.417 e. The van der Waals surface area contributed by atoms with Crippen molar-refractivity contribution in [3.05, 3.63) is 111 Å². The minimum absolute atomic E-state index is 0.0323. The molecule has 1 atom stereocenters. The predicted octanol–water partition coefficient (Wildman–Crippen LogP) is 5.53. The fraction of sp³-hybridized carbons (Fsp3) is 0.341. The molecule has 1 amide bonds. The molecule has 1 aromatic heterocycles. The lowest BCUT2D eigenvalue weighted by atomic mass is 9.90. The lowest BCUT2D eigenvalue weighted by Crippen LogP contribution is -2.45. The number of carbonyl (C=O) groups excluding carboxylic acids is 1. The number of amides is 1. The molecule has 4 aromatic carbocycles. The van der Waals surface area contributed by atoms with E-state index < -0.39 is 46.6 Å². The van der Waals surface area contributed by atoms with Gasteiger partial charge in [0.2, 0.25) is 0 Å². The van der Waals surface area contributed by atoms with E-state index in [1.165, 1.54) is 48.0 Å². The van der Waals surface area contributed by atoms with Crippen LogP contribution in [0.3, 0.4) is 0 Å². The number of pyridine rings is 1. The van der Waals surface area contributed by atoms with E-state index in [4.69, 9.17) is 4.74 Å². The monoisotopic (exact) mass is 759 g/mol. The molecule has 2 aliphatic rings. The van der Waals surface area contributed by atoms with Crippen molar-refractivity contribution in [3.63, 3.8) is 0 Å². The van der Waals surface area contributed by atoms with Gasteiger partial charge in [-0.15, -0.1) is 0 Å². The van der Waals surface area contributed by atoms with Crippen molar-refractivity contribution in [2.24, 2.45) is 7.05 Å². The van der Waals surface area contributed by atoms with Gasteiger partial charge in [0.15, 0.2) is 0 Å². The summed E-state index contributed by atoms with van der Waals surface area (Å²) in [6.07, 6.45) is -5.15. The molecule has 2 saturated heterocycles.